The zero-order valence-electron chi connectivity index (χ0n) is 11.0. The second-order valence-electron chi connectivity index (χ2n) is 6.05. The van der Waals surface area contributed by atoms with Crippen LogP contribution >= 0.6 is 0 Å². The lowest BCUT2D eigenvalue weighted by molar-refractivity contribution is -0.0512. The molecule has 0 saturated heterocycles. The summed E-state index contributed by atoms with van der Waals surface area (Å²) in [4.78, 5) is 0. The first-order valence-corrected chi connectivity index (χ1v) is 7.02. The molecule has 3 heteroatoms. The number of methoxy groups -OCH3 is 2. The first kappa shape index (κ1) is 14.1. The van der Waals surface area contributed by atoms with Crippen molar-refractivity contribution in [1.82, 2.24) is 0 Å². The van der Waals surface area contributed by atoms with Crippen molar-refractivity contribution < 1.29 is 9.47 Å². The molecule has 0 fully saturated rings. The molecule has 14 heavy (non-hydrogen) atoms. The van der Waals surface area contributed by atoms with Crippen LogP contribution in [0, 0.1) is 0 Å². The van der Waals surface area contributed by atoms with Crippen LogP contribution in [-0.4, -0.2) is 28.9 Å². The molecule has 0 aliphatic carbocycles. The van der Waals surface area contributed by atoms with Gasteiger partial charge in [-0.1, -0.05) is 41.5 Å². The smallest absolute Gasteiger partial charge is 0.138 e. The maximum Gasteiger partial charge on any atom is 0.138 e. The standard InChI is InChI=1S/C11H26O2Si/c1-10(2,3)14(11(4,5)6)9(12-7)13-8/h9,14H,1-8H3. The van der Waals surface area contributed by atoms with Crippen LogP contribution in [-0.2, 0) is 9.47 Å². The SMILES string of the molecule is COC(OC)[SiH](C(C)(C)C)C(C)(C)C. The van der Waals surface area contributed by atoms with E-state index >= 15 is 0 Å². The highest BCUT2D eigenvalue weighted by molar-refractivity contribution is 6.66. The Balaban J connectivity index is 4.91. The third kappa shape index (κ3) is 3.71. The molecule has 0 saturated carbocycles. The molecule has 86 valence electrons. The van der Waals surface area contributed by atoms with Gasteiger partial charge in [-0.25, -0.2) is 0 Å². The Hall–Kier alpha value is 0.137. The quantitative estimate of drug-likeness (QED) is 0.535. The summed E-state index contributed by atoms with van der Waals surface area (Å²) in [5.41, 5.74) is 0. The molecule has 2 nitrogen and oxygen atoms in total. The normalized spacial score (nSPS) is 14.1. The number of hydrogen-bond acceptors (Lipinski definition) is 2. The molecule has 0 aliphatic heterocycles. The van der Waals surface area contributed by atoms with Crippen molar-refractivity contribution in [3.63, 3.8) is 0 Å². The van der Waals surface area contributed by atoms with Crippen molar-refractivity contribution in [3.05, 3.63) is 0 Å². The van der Waals surface area contributed by atoms with Crippen LogP contribution in [0.1, 0.15) is 41.5 Å². The number of hydrogen-bond donors (Lipinski definition) is 0. The highest BCUT2D eigenvalue weighted by Gasteiger charge is 2.42. The van der Waals surface area contributed by atoms with E-state index in [0.29, 0.717) is 10.1 Å². The van der Waals surface area contributed by atoms with Crippen LogP contribution in [0.5, 0.6) is 0 Å². The van der Waals surface area contributed by atoms with Crippen molar-refractivity contribution in [1.29, 1.82) is 0 Å². The molecule has 0 bridgehead atoms. The van der Waals surface area contributed by atoms with Gasteiger partial charge < -0.3 is 9.47 Å². The van der Waals surface area contributed by atoms with E-state index in [-0.39, 0.29) is 5.91 Å². The molecule has 0 radical (unpaired) electrons. The minimum absolute atomic E-state index is 0.00926. The minimum Gasteiger partial charge on any atom is -0.360 e. The summed E-state index contributed by atoms with van der Waals surface area (Å²) in [6.07, 6.45) is 0. The van der Waals surface area contributed by atoms with Gasteiger partial charge in [-0.3, -0.25) is 0 Å². The first-order chi connectivity index (χ1) is 6.14. The summed E-state index contributed by atoms with van der Waals surface area (Å²) < 4.78 is 10.9. The molecule has 0 aliphatic rings. The summed E-state index contributed by atoms with van der Waals surface area (Å²) in [7, 11) is 2.31. The van der Waals surface area contributed by atoms with Gasteiger partial charge in [-0.2, -0.15) is 0 Å². The molecule has 0 spiro atoms. The molecule has 0 aromatic rings. The molecular formula is C11H26O2Si. The largest absolute Gasteiger partial charge is 0.360 e. The second kappa shape index (κ2) is 4.77. The Kier molecular flexibility index (Phi) is 4.82. The molecular weight excluding hydrogens is 192 g/mol. The van der Waals surface area contributed by atoms with Gasteiger partial charge in [-0.05, 0) is 10.1 Å². The summed E-state index contributed by atoms with van der Waals surface area (Å²) in [6, 6.07) is 0. The van der Waals surface area contributed by atoms with Gasteiger partial charge in [0.15, 0.2) is 0 Å². The van der Waals surface area contributed by atoms with Crippen LogP contribution in [0.3, 0.4) is 0 Å². The van der Waals surface area contributed by atoms with E-state index < -0.39 is 8.80 Å². The number of ether oxygens (including phenoxy) is 2. The summed E-state index contributed by atoms with van der Waals surface area (Å²) >= 11 is 0. The monoisotopic (exact) mass is 218 g/mol. The van der Waals surface area contributed by atoms with Gasteiger partial charge in [0.25, 0.3) is 0 Å². The van der Waals surface area contributed by atoms with Gasteiger partial charge in [0.05, 0.1) is 0 Å². The third-order valence-corrected chi connectivity index (χ3v) is 7.42. The summed E-state index contributed by atoms with van der Waals surface area (Å²) in [5.74, 6) is 0.00926. The average Bonchev–Trinajstić information content (AvgIpc) is 1.94. The van der Waals surface area contributed by atoms with E-state index in [4.69, 9.17) is 9.47 Å². The maximum atomic E-state index is 5.45. The Morgan fingerprint density at radius 2 is 1.07 bits per heavy atom. The van der Waals surface area contributed by atoms with E-state index in [1.165, 1.54) is 0 Å². The van der Waals surface area contributed by atoms with E-state index in [2.05, 4.69) is 41.5 Å². The van der Waals surface area contributed by atoms with Gasteiger partial charge in [0.2, 0.25) is 0 Å². The molecule has 0 N–H and O–H groups in total. The molecule has 0 amide bonds. The minimum atomic E-state index is -1.17. The predicted octanol–water partition coefficient (Wildman–Crippen LogP) is 2.97. The maximum absolute atomic E-state index is 5.45. The van der Waals surface area contributed by atoms with Crippen molar-refractivity contribution in [2.45, 2.75) is 57.5 Å². The van der Waals surface area contributed by atoms with E-state index in [1.54, 1.807) is 14.2 Å². The van der Waals surface area contributed by atoms with Gasteiger partial charge in [-0.15, -0.1) is 0 Å². The highest BCUT2D eigenvalue weighted by Crippen LogP contribution is 2.44. The predicted molar refractivity (Wildman–Crippen MR) is 64.4 cm³/mol. The zero-order chi connectivity index (χ0) is 11.6. The van der Waals surface area contributed by atoms with E-state index in [1.807, 2.05) is 0 Å². The molecule has 0 unspecified atom stereocenters. The average molecular weight is 218 g/mol. The topological polar surface area (TPSA) is 18.5 Å². The van der Waals surface area contributed by atoms with Crippen LogP contribution in [0.15, 0.2) is 0 Å². The van der Waals surface area contributed by atoms with Crippen molar-refractivity contribution in [2.24, 2.45) is 0 Å². The molecule has 0 atom stereocenters. The molecule has 0 aromatic carbocycles. The summed E-state index contributed by atoms with van der Waals surface area (Å²) in [5, 5.41) is 0.629. The van der Waals surface area contributed by atoms with Crippen LogP contribution < -0.4 is 0 Å². The fourth-order valence-corrected chi connectivity index (χ4v) is 7.26. The first-order valence-electron chi connectivity index (χ1n) is 5.20. The van der Waals surface area contributed by atoms with E-state index in [9.17, 15) is 0 Å². The highest BCUT2D eigenvalue weighted by atomic mass is 28.3. The lowest BCUT2D eigenvalue weighted by Gasteiger charge is -2.42. The fourth-order valence-electron chi connectivity index (χ4n) is 2.48. The second-order valence-corrected chi connectivity index (χ2v) is 11.0. The van der Waals surface area contributed by atoms with Crippen molar-refractivity contribution >= 4 is 8.80 Å². The lowest BCUT2D eigenvalue weighted by Crippen LogP contribution is -2.47. The van der Waals surface area contributed by atoms with Gasteiger partial charge in [0.1, 0.15) is 14.7 Å². The van der Waals surface area contributed by atoms with Crippen molar-refractivity contribution in [3.8, 4) is 0 Å². The molecule has 0 rings (SSSR count). The Bertz CT molecular complexity index is 149. The number of rotatable bonds is 3. The Labute approximate surface area is 90.6 Å². The molecule has 0 heterocycles. The fraction of sp³-hybridized carbons (Fsp3) is 1.00. The molecule has 0 aromatic heterocycles. The van der Waals surface area contributed by atoms with Crippen LogP contribution in [0.2, 0.25) is 10.1 Å². The Morgan fingerprint density at radius 3 is 1.14 bits per heavy atom. The lowest BCUT2D eigenvalue weighted by atomic mass is 10.2. The Morgan fingerprint density at radius 1 is 0.786 bits per heavy atom. The summed E-state index contributed by atoms with van der Waals surface area (Å²) in [6.45, 7) is 13.8. The van der Waals surface area contributed by atoms with Crippen molar-refractivity contribution in [2.75, 3.05) is 14.2 Å². The van der Waals surface area contributed by atoms with Crippen LogP contribution in [0.4, 0.5) is 0 Å². The third-order valence-electron chi connectivity index (χ3n) is 2.60. The van der Waals surface area contributed by atoms with E-state index in [0.717, 1.165) is 0 Å². The van der Waals surface area contributed by atoms with Crippen LogP contribution in [0.25, 0.3) is 0 Å². The van der Waals surface area contributed by atoms with Gasteiger partial charge in [0, 0.05) is 14.2 Å². The van der Waals surface area contributed by atoms with Gasteiger partial charge >= 0.3 is 0 Å². The zero-order valence-corrected chi connectivity index (χ0v) is 12.1.